The van der Waals surface area contributed by atoms with Gasteiger partial charge in [-0.15, -0.1) is 11.3 Å². The molecule has 0 aliphatic carbocycles. The highest BCUT2D eigenvalue weighted by Gasteiger charge is 2.24. The van der Waals surface area contributed by atoms with E-state index in [9.17, 15) is 9.90 Å². The van der Waals surface area contributed by atoms with Crippen LogP contribution >= 0.6 is 11.3 Å². The van der Waals surface area contributed by atoms with Crippen LogP contribution in [0.2, 0.25) is 0 Å². The molecule has 0 aliphatic heterocycles. The normalized spacial score (nSPS) is 13.2. The summed E-state index contributed by atoms with van der Waals surface area (Å²) < 4.78 is 2.06. The Morgan fingerprint density at radius 2 is 2.21 bits per heavy atom. The van der Waals surface area contributed by atoms with Crippen LogP contribution in [0.15, 0.2) is 24.3 Å². The minimum atomic E-state index is -0.764. The highest BCUT2D eigenvalue weighted by molar-refractivity contribution is 7.17. The minimum Gasteiger partial charge on any atom is -0.481 e. The van der Waals surface area contributed by atoms with Gasteiger partial charge in [-0.25, -0.2) is 4.98 Å². The van der Waals surface area contributed by atoms with E-state index in [1.807, 2.05) is 38.1 Å². The fourth-order valence-electron chi connectivity index (χ4n) is 2.47. The SMILES string of the molecule is CCC(C(=O)O)c1sc2nc3ccccc3n2c1C. The lowest BCUT2D eigenvalue weighted by molar-refractivity contribution is -0.138. The van der Waals surface area contributed by atoms with Gasteiger partial charge in [-0.05, 0) is 25.5 Å². The Hall–Kier alpha value is -1.88. The maximum atomic E-state index is 11.3. The van der Waals surface area contributed by atoms with Gasteiger partial charge in [-0.3, -0.25) is 9.20 Å². The molecule has 0 saturated carbocycles. The molecule has 3 aromatic rings. The molecule has 1 atom stereocenters. The first-order valence-electron chi connectivity index (χ1n) is 6.22. The van der Waals surface area contributed by atoms with Gasteiger partial charge < -0.3 is 5.11 Å². The second-order valence-corrected chi connectivity index (χ2v) is 5.58. The largest absolute Gasteiger partial charge is 0.481 e. The van der Waals surface area contributed by atoms with E-state index in [-0.39, 0.29) is 0 Å². The predicted molar refractivity (Wildman–Crippen MR) is 76.0 cm³/mol. The molecule has 3 rings (SSSR count). The van der Waals surface area contributed by atoms with Crippen molar-refractivity contribution in [2.45, 2.75) is 26.2 Å². The summed E-state index contributed by atoms with van der Waals surface area (Å²) in [5.41, 5.74) is 2.98. The number of aliphatic carboxylic acids is 1. The Morgan fingerprint density at radius 1 is 1.47 bits per heavy atom. The highest BCUT2D eigenvalue weighted by atomic mass is 32.1. The second kappa shape index (κ2) is 4.35. The molecule has 0 bridgehead atoms. The molecular weight excluding hydrogens is 260 g/mol. The number of aryl methyl sites for hydroxylation is 1. The molecule has 2 aromatic heterocycles. The zero-order valence-corrected chi connectivity index (χ0v) is 11.6. The van der Waals surface area contributed by atoms with Crippen LogP contribution in [0.4, 0.5) is 0 Å². The molecule has 0 amide bonds. The Kier molecular flexibility index (Phi) is 2.78. The summed E-state index contributed by atoms with van der Waals surface area (Å²) in [6.07, 6.45) is 0.595. The molecule has 0 radical (unpaired) electrons. The molecule has 2 heterocycles. The van der Waals surface area contributed by atoms with Crippen LogP contribution in [0.25, 0.3) is 16.0 Å². The first-order chi connectivity index (χ1) is 9.13. The summed E-state index contributed by atoms with van der Waals surface area (Å²) in [6, 6.07) is 7.92. The van der Waals surface area contributed by atoms with Crippen molar-refractivity contribution in [3.05, 3.63) is 34.8 Å². The van der Waals surface area contributed by atoms with Gasteiger partial charge in [0.2, 0.25) is 0 Å². The van der Waals surface area contributed by atoms with Gasteiger partial charge in [0.1, 0.15) is 0 Å². The summed E-state index contributed by atoms with van der Waals surface area (Å²) in [4.78, 5) is 17.7. The molecule has 0 fully saturated rings. The third-order valence-corrected chi connectivity index (χ3v) is 4.70. The number of carboxylic acids is 1. The lowest BCUT2D eigenvalue weighted by Crippen LogP contribution is -2.10. The quantitative estimate of drug-likeness (QED) is 0.796. The summed E-state index contributed by atoms with van der Waals surface area (Å²) >= 11 is 1.48. The Labute approximate surface area is 114 Å². The number of aromatic nitrogens is 2. The fraction of sp³-hybridized carbons (Fsp3) is 0.286. The van der Waals surface area contributed by atoms with Crippen molar-refractivity contribution in [3.63, 3.8) is 0 Å². The first-order valence-corrected chi connectivity index (χ1v) is 7.04. The van der Waals surface area contributed by atoms with E-state index in [1.54, 1.807) is 0 Å². The van der Waals surface area contributed by atoms with E-state index in [2.05, 4.69) is 9.38 Å². The molecule has 1 N–H and O–H groups in total. The number of carbonyl (C=O) groups is 1. The zero-order chi connectivity index (χ0) is 13.6. The maximum Gasteiger partial charge on any atom is 0.311 e. The molecule has 0 aliphatic rings. The third kappa shape index (κ3) is 1.73. The average Bonchev–Trinajstić information content (AvgIpc) is 2.88. The minimum absolute atomic E-state index is 0.439. The van der Waals surface area contributed by atoms with Crippen LogP contribution in [0.5, 0.6) is 0 Å². The molecule has 19 heavy (non-hydrogen) atoms. The van der Waals surface area contributed by atoms with E-state index in [1.165, 1.54) is 11.3 Å². The zero-order valence-electron chi connectivity index (χ0n) is 10.8. The molecule has 4 nitrogen and oxygen atoms in total. The summed E-state index contributed by atoms with van der Waals surface area (Å²) in [5, 5.41) is 9.30. The molecule has 98 valence electrons. The molecule has 0 saturated heterocycles. The van der Waals surface area contributed by atoms with Gasteiger partial charge in [0, 0.05) is 10.6 Å². The Morgan fingerprint density at radius 3 is 2.89 bits per heavy atom. The monoisotopic (exact) mass is 274 g/mol. The smallest absolute Gasteiger partial charge is 0.311 e. The number of fused-ring (bicyclic) bond motifs is 3. The third-order valence-electron chi connectivity index (χ3n) is 3.45. The van der Waals surface area contributed by atoms with E-state index < -0.39 is 11.9 Å². The van der Waals surface area contributed by atoms with Gasteiger partial charge in [0.05, 0.1) is 17.0 Å². The van der Waals surface area contributed by atoms with E-state index >= 15 is 0 Å². The topological polar surface area (TPSA) is 54.6 Å². The summed E-state index contributed by atoms with van der Waals surface area (Å²) in [7, 11) is 0. The maximum absolute atomic E-state index is 11.3. The van der Waals surface area contributed by atoms with Gasteiger partial charge in [-0.2, -0.15) is 0 Å². The number of benzene rings is 1. The number of nitrogens with zero attached hydrogens (tertiary/aromatic N) is 2. The molecular formula is C14H14N2O2S. The van der Waals surface area contributed by atoms with E-state index in [4.69, 9.17) is 0 Å². The van der Waals surface area contributed by atoms with Gasteiger partial charge in [0.15, 0.2) is 4.96 Å². The van der Waals surface area contributed by atoms with Gasteiger partial charge in [-0.1, -0.05) is 19.1 Å². The van der Waals surface area contributed by atoms with E-state index in [0.717, 1.165) is 26.6 Å². The summed E-state index contributed by atoms with van der Waals surface area (Å²) in [6.45, 7) is 3.87. The van der Waals surface area contributed by atoms with Crippen molar-refractivity contribution in [3.8, 4) is 0 Å². The van der Waals surface area contributed by atoms with Crippen LogP contribution in [-0.4, -0.2) is 20.5 Å². The molecule has 0 spiro atoms. The van der Waals surface area contributed by atoms with Crippen molar-refractivity contribution >= 4 is 33.3 Å². The van der Waals surface area contributed by atoms with Gasteiger partial charge in [0.25, 0.3) is 0 Å². The molecule has 1 unspecified atom stereocenters. The molecule has 1 aromatic carbocycles. The van der Waals surface area contributed by atoms with Crippen molar-refractivity contribution in [1.82, 2.24) is 9.38 Å². The number of para-hydroxylation sites is 2. The summed E-state index contributed by atoms with van der Waals surface area (Å²) in [5.74, 6) is -1.20. The fourth-order valence-corrected chi connectivity index (χ4v) is 3.79. The van der Waals surface area contributed by atoms with Crippen molar-refractivity contribution < 1.29 is 9.90 Å². The van der Waals surface area contributed by atoms with Crippen LogP contribution in [0.3, 0.4) is 0 Å². The van der Waals surface area contributed by atoms with E-state index in [0.29, 0.717) is 6.42 Å². The number of rotatable bonds is 3. The predicted octanol–water partition coefficient (Wildman–Crippen LogP) is 3.44. The van der Waals surface area contributed by atoms with Crippen LogP contribution in [-0.2, 0) is 4.79 Å². The first kappa shape index (κ1) is 12.2. The van der Waals surface area contributed by atoms with Crippen LogP contribution < -0.4 is 0 Å². The van der Waals surface area contributed by atoms with Crippen molar-refractivity contribution in [2.75, 3.05) is 0 Å². The van der Waals surface area contributed by atoms with Crippen molar-refractivity contribution in [1.29, 1.82) is 0 Å². The lowest BCUT2D eigenvalue weighted by Gasteiger charge is -2.08. The average molecular weight is 274 g/mol. The van der Waals surface area contributed by atoms with Crippen LogP contribution in [0.1, 0.15) is 29.8 Å². The lowest BCUT2D eigenvalue weighted by atomic mass is 10.0. The Balaban J connectivity index is 2.29. The number of hydrogen-bond acceptors (Lipinski definition) is 3. The number of carboxylic acid groups (broad SMARTS) is 1. The van der Waals surface area contributed by atoms with Crippen molar-refractivity contribution in [2.24, 2.45) is 0 Å². The number of imidazole rings is 1. The van der Waals surface area contributed by atoms with Crippen LogP contribution in [0, 0.1) is 6.92 Å². The number of hydrogen-bond donors (Lipinski definition) is 1. The second-order valence-electron chi connectivity index (χ2n) is 4.57. The Bertz CT molecular complexity index is 772. The standard InChI is InChI=1S/C14H14N2O2S/c1-3-9(13(17)18)12-8(2)16-11-7-5-4-6-10(11)15-14(16)19-12/h4-7,9H,3H2,1-2H3,(H,17,18). The van der Waals surface area contributed by atoms with Gasteiger partial charge >= 0.3 is 5.97 Å². The molecule has 5 heteroatoms. The number of thiazole rings is 1. The highest BCUT2D eigenvalue weighted by Crippen LogP contribution is 2.34.